The summed E-state index contributed by atoms with van der Waals surface area (Å²) in [4.78, 5) is 0. The van der Waals surface area contributed by atoms with E-state index in [1.54, 1.807) is 0 Å². The lowest BCUT2D eigenvalue weighted by Gasteiger charge is -2.15. The molecule has 0 spiro atoms. The second-order valence-electron chi connectivity index (χ2n) is 5.13. The molecule has 1 N–H and O–H groups in total. The van der Waals surface area contributed by atoms with E-state index in [1.807, 2.05) is 36.4 Å². The molecule has 1 unspecified atom stereocenters. The van der Waals surface area contributed by atoms with Crippen LogP contribution in [0.5, 0.6) is 11.5 Å². The third kappa shape index (κ3) is 3.57. The SMILES string of the molecule is OC(COc1ccccc1)Cc1cc(Br)cc2c1OCC2. The molecule has 0 amide bonds. The third-order valence-corrected chi connectivity index (χ3v) is 3.92. The number of halogens is 1. The maximum Gasteiger partial charge on any atom is 0.125 e. The minimum Gasteiger partial charge on any atom is -0.493 e. The zero-order valence-electron chi connectivity index (χ0n) is 11.6. The van der Waals surface area contributed by atoms with Gasteiger partial charge in [0, 0.05) is 17.3 Å². The van der Waals surface area contributed by atoms with E-state index in [0.717, 1.165) is 34.6 Å². The highest BCUT2D eigenvalue weighted by Crippen LogP contribution is 2.33. The highest BCUT2D eigenvalue weighted by molar-refractivity contribution is 9.10. The zero-order chi connectivity index (χ0) is 14.7. The molecule has 21 heavy (non-hydrogen) atoms. The average molecular weight is 349 g/mol. The summed E-state index contributed by atoms with van der Waals surface area (Å²) in [6.07, 6.45) is 0.889. The van der Waals surface area contributed by atoms with Gasteiger partial charge in [0.1, 0.15) is 18.1 Å². The lowest BCUT2D eigenvalue weighted by molar-refractivity contribution is 0.107. The summed E-state index contributed by atoms with van der Waals surface area (Å²) in [5, 5.41) is 10.2. The number of rotatable bonds is 5. The topological polar surface area (TPSA) is 38.7 Å². The first-order chi connectivity index (χ1) is 10.2. The van der Waals surface area contributed by atoms with Crippen LogP contribution in [-0.4, -0.2) is 24.4 Å². The van der Waals surface area contributed by atoms with Crippen LogP contribution in [0.2, 0.25) is 0 Å². The van der Waals surface area contributed by atoms with E-state index in [1.165, 1.54) is 5.56 Å². The van der Waals surface area contributed by atoms with Crippen LogP contribution in [0, 0.1) is 0 Å². The molecule has 2 aromatic rings. The Balaban J connectivity index is 1.64. The maximum absolute atomic E-state index is 10.2. The zero-order valence-corrected chi connectivity index (χ0v) is 13.2. The molecule has 0 bridgehead atoms. The van der Waals surface area contributed by atoms with Crippen LogP contribution in [0.15, 0.2) is 46.9 Å². The monoisotopic (exact) mass is 348 g/mol. The number of fused-ring (bicyclic) bond motifs is 1. The number of aliphatic hydroxyl groups excluding tert-OH is 1. The number of benzene rings is 2. The van der Waals surface area contributed by atoms with Crippen LogP contribution >= 0.6 is 15.9 Å². The largest absolute Gasteiger partial charge is 0.493 e. The molecule has 0 saturated heterocycles. The maximum atomic E-state index is 10.2. The molecule has 0 saturated carbocycles. The van der Waals surface area contributed by atoms with Gasteiger partial charge in [0.15, 0.2) is 0 Å². The summed E-state index contributed by atoms with van der Waals surface area (Å²) in [7, 11) is 0. The van der Waals surface area contributed by atoms with Crippen LogP contribution in [-0.2, 0) is 12.8 Å². The number of ether oxygens (including phenoxy) is 2. The van der Waals surface area contributed by atoms with E-state index in [0.29, 0.717) is 6.42 Å². The molecule has 1 aliphatic heterocycles. The summed E-state index contributed by atoms with van der Waals surface area (Å²) in [6, 6.07) is 13.6. The van der Waals surface area contributed by atoms with Crippen molar-refractivity contribution in [1.82, 2.24) is 0 Å². The Kier molecular flexibility index (Phi) is 4.46. The first-order valence-corrected chi connectivity index (χ1v) is 7.81. The molecule has 3 nitrogen and oxygen atoms in total. The number of aliphatic hydroxyl groups is 1. The Hall–Kier alpha value is -1.52. The minimum absolute atomic E-state index is 0.269. The molecular weight excluding hydrogens is 332 g/mol. The van der Waals surface area contributed by atoms with Crippen molar-refractivity contribution in [3.8, 4) is 11.5 Å². The summed E-state index contributed by atoms with van der Waals surface area (Å²) in [5.41, 5.74) is 2.23. The van der Waals surface area contributed by atoms with Gasteiger partial charge in [-0.25, -0.2) is 0 Å². The van der Waals surface area contributed by atoms with Gasteiger partial charge >= 0.3 is 0 Å². The Labute approximate surface area is 132 Å². The van der Waals surface area contributed by atoms with Gasteiger partial charge in [0.05, 0.1) is 12.7 Å². The van der Waals surface area contributed by atoms with Crippen LogP contribution < -0.4 is 9.47 Å². The molecule has 1 heterocycles. The second-order valence-corrected chi connectivity index (χ2v) is 6.05. The first-order valence-electron chi connectivity index (χ1n) is 7.02. The van der Waals surface area contributed by atoms with Crippen molar-refractivity contribution in [2.75, 3.05) is 13.2 Å². The smallest absolute Gasteiger partial charge is 0.125 e. The normalized spacial score (nSPS) is 14.4. The van der Waals surface area contributed by atoms with Crippen LogP contribution in [0.4, 0.5) is 0 Å². The van der Waals surface area contributed by atoms with E-state index in [4.69, 9.17) is 9.47 Å². The number of para-hydroxylation sites is 1. The highest BCUT2D eigenvalue weighted by Gasteiger charge is 2.19. The van der Waals surface area contributed by atoms with Gasteiger partial charge < -0.3 is 14.6 Å². The summed E-state index contributed by atoms with van der Waals surface area (Å²) < 4.78 is 12.3. The van der Waals surface area contributed by atoms with Crippen molar-refractivity contribution in [3.63, 3.8) is 0 Å². The molecule has 3 rings (SSSR count). The van der Waals surface area contributed by atoms with Gasteiger partial charge in [0.2, 0.25) is 0 Å². The van der Waals surface area contributed by atoms with E-state index in [2.05, 4.69) is 22.0 Å². The van der Waals surface area contributed by atoms with Crippen molar-refractivity contribution in [3.05, 3.63) is 58.1 Å². The Morgan fingerprint density at radius 3 is 2.86 bits per heavy atom. The molecule has 2 aromatic carbocycles. The molecule has 4 heteroatoms. The van der Waals surface area contributed by atoms with Gasteiger partial charge in [-0.3, -0.25) is 0 Å². The van der Waals surface area contributed by atoms with E-state index in [-0.39, 0.29) is 6.61 Å². The summed E-state index contributed by atoms with van der Waals surface area (Å²) in [5.74, 6) is 1.70. The molecule has 0 aliphatic carbocycles. The van der Waals surface area contributed by atoms with Crippen molar-refractivity contribution < 1.29 is 14.6 Å². The second kappa shape index (κ2) is 6.50. The standard InChI is InChI=1S/C17H17BrO3/c18-14-8-12-6-7-20-17(12)13(9-14)10-15(19)11-21-16-4-2-1-3-5-16/h1-5,8-9,15,19H,6-7,10-11H2. The first kappa shape index (κ1) is 14.4. The van der Waals surface area contributed by atoms with Crippen molar-refractivity contribution >= 4 is 15.9 Å². The van der Waals surface area contributed by atoms with Gasteiger partial charge in [0.25, 0.3) is 0 Å². The average Bonchev–Trinajstić information content (AvgIpc) is 2.94. The Morgan fingerprint density at radius 1 is 1.24 bits per heavy atom. The molecule has 0 radical (unpaired) electrons. The molecule has 110 valence electrons. The molecular formula is C17H17BrO3. The lowest BCUT2D eigenvalue weighted by atomic mass is 10.0. The van der Waals surface area contributed by atoms with Crippen molar-refractivity contribution in [2.24, 2.45) is 0 Å². The number of hydrogen-bond donors (Lipinski definition) is 1. The fourth-order valence-electron chi connectivity index (χ4n) is 2.52. The number of hydrogen-bond acceptors (Lipinski definition) is 3. The van der Waals surface area contributed by atoms with E-state index < -0.39 is 6.10 Å². The quantitative estimate of drug-likeness (QED) is 0.900. The van der Waals surface area contributed by atoms with Crippen molar-refractivity contribution in [2.45, 2.75) is 18.9 Å². The molecule has 0 fully saturated rings. The molecule has 1 atom stereocenters. The van der Waals surface area contributed by atoms with Gasteiger partial charge in [-0.2, -0.15) is 0 Å². The van der Waals surface area contributed by atoms with E-state index >= 15 is 0 Å². The van der Waals surface area contributed by atoms with Crippen molar-refractivity contribution in [1.29, 1.82) is 0 Å². The fourth-order valence-corrected chi connectivity index (χ4v) is 3.07. The van der Waals surface area contributed by atoms with Gasteiger partial charge in [-0.15, -0.1) is 0 Å². The predicted molar refractivity (Wildman–Crippen MR) is 85.0 cm³/mol. The van der Waals surface area contributed by atoms with E-state index in [9.17, 15) is 5.11 Å². The van der Waals surface area contributed by atoms with Gasteiger partial charge in [-0.1, -0.05) is 34.1 Å². The van der Waals surface area contributed by atoms with Crippen LogP contribution in [0.25, 0.3) is 0 Å². The third-order valence-electron chi connectivity index (χ3n) is 3.47. The Morgan fingerprint density at radius 2 is 2.05 bits per heavy atom. The lowest BCUT2D eigenvalue weighted by Crippen LogP contribution is -2.20. The Bertz CT molecular complexity index is 613. The van der Waals surface area contributed by atoms with Gasteiger partial charge in [-0.05, 0) is 35.4 Å². The summed E-state index contributed by atoms with van der Waals surface area (Å²) in [6.45, 7) is 0.987. The highest BCUT2D eigenvalue weighted by atomic mass is 79.9. The van der Waals surface area contributed by atoms with Crippen LogP contribution in [0.3, 0.4) is 0 Å². The minimum atomic E-state index is -0.562. The fraction of sp³-hybridized carbons (Fsp3) is 0.294. The molecule has 1 aliphatic rings. The summed E-state index contributed by atoms with van der Waals surface area (Å²) >= 11 is 3.51. The molecule has 0 aromatic heterocycles. The van der Waals surface area contributed by atoms with Crippen LogP contribution in [0.1, 0.15) is 11.1 Å². The predicted octanol–water partition coefficient (Wildman–Crippen LogP) is 3.37.